The maximum absolute atomic E-state index is 13.8. The van der Waals surface area contributed by atoms with E-state index in [-0.39, 0.29) is 29.6 Å². The van der Waals surface area contributed by atoms with E-state index in [1.54, 1.807) is 0 Å². The number of carbonyl (C=O) groups is 1. The Hall–Kier alpha value is -4.68. The molecular formula is C40H40N2O4. The van der Waals surface area contributed by atoms with Gasteiger partial charge in [0.25, 0.3) is 0 Å². The van der Waals surface area contributed by atoms with Gasteiger partial charge in [-0.1, -0.05) is 61.9 Å². The molecule has 1 fully saturated rings. The second-order valence-electron chi connectivity index (χ2n) is 13.2. The van der Waals surface area contributed by atoms with Gasteiger partial charge in [0, 0.05) is 46.8 Å². The molecule has 0 bridgehead atoms. The first-order chi connectivity index (χ1) is 22.3. The van der Waals surface area contributed by atoms with Crippen molar-refractivity contribution in [2.45, 2.75) is 52.2 Å². The van der Waals surface area contributed by atoms with Gasteiger partial charge in [0.1, 0.15) is 18.5 Å². The number of ether oxygens (including phenoxy) is 2. The van der Waals surface area contributed by atoms with Gasteiger partial charge in [-0.3, -0.25) is 4.79 Å². The van der Waals surface area contributed by atoms with Crippen molar-refractivity contribution in [2.24, 2.45) is 11.8 Å². The predicted octanol–water partition coefficient (Wildman–Crippen LogP) is 7.32. The maximum Gasteiger partial charge on any atom is 0.214 e. The van der Waals surface area contributed by atoms with E-state index in [4.69, 9.17) is 9.47 Å². The second kappa shape index (κ2) is 12.3. The van der Waals surface area contributed by atoms with Crippen molar-refractivity contribution >= 4 is 40.3 Å². The molecule has 234 valence electrons. The van der Waals surface area contributed by atoms with Crippen LogP contribution in [-0.4, -0.2) is 37.4 Å². The normalized spacial score (nSPS) is 20.7. The zero-order valence-corrected chi connectivity index (χ0v) is 26.9. The number of benzene rings is 4. The number of ketones is 1. The average molecular weight is 613 g/mol. The molecule has 0 radical (unpaired) electrons. The number of hydrogen-bond donors (Lipinski definition) is 0. The Morgan fingerprint density at radius 1 is 0.913 bits per heavy atom. The third-order valence-electron chi connectivity index (χ3n) is 9.23. The van der Waals surface area contributed by atoms with Gasteiger partial charge in [-0.25, -0.2) is 0 Å². The highest BCUT2D eigenvalue weighted by molar-refractivity contribution is 6.30. The monoisotopic (exact) mass is 612 g/mol. The van der Waals surface area contributed by atoms with Crippen LogP contribution in [0.3, 0.4) is 0 Å². The van der Waals surface area contributed by atoms with E-state index in [2.05, 4.69) is 61.4 Å². The molecule has 46 heavy (non-hydrogen) atoms. The first-order valence-corrected chi connectivity index (χ1v) is 16.3. The molecule has 4 atom stereocenters. The van der Waals surface area contributed by atoms with Crippen LogP contribution >= 0.6 is 0 Å². The van der Waals surface area contributed by atoms with Crippen LogP contribution in [0.25, 0.3) is 5.57 Å². The zero-order valence-electron chi connectivity index (χ0n) is 26.9. The van der Waals surface area contributed by atoms with Gasteiger partial charge >= 0.3 is 0 Å². The number of Topliss-reactive ketones (excluding diaryl/α,β-unsaturated/α-hetero) is 1. The molecule has 1 aliphatic carbocycles. The number of aryl methyl sites for hydroxylation is 1. The SMILES string of the molecule is Cc1ccc(N(c2ccc(C3=C([O-])C(C4C=[N+](c5ccc(OCC6CO6)cc5)c5ccccc54)C3=O)cc2)C(C)CC(C)C)cc1. The number of fused-ring (bicyclic) bond motifs is 1. The lowest BCUT2D eigenvalue weighted by Crippen LogP contribution is -2.40. The Labute approximate surface area is 271 Å². The Bertz CT molecular complexity index is 1800. The fourth-order valence-corrected chi connectivity index (χ4v) is 6.88. The largest absolute Gasteiger partial charge is 0.874 e. The van der Waals surface area contributed by atoms with Crippen molar-refractivity contribution in [1.82, 2.24) is 4.58 Å². The number of nitrogens with zero attached hydrogens (tertiary/aromatic N) is 2. The average Bonchev–Trinajstić information content (AvgIpc) is 3.82. The van der Waals surface area contributed by atoms with Gasteiger partial charge in [-0.05, 0) is 68.1 Å². The number of carbonyl (C=O) groups excluding carboxylic acids is 1. The van der Waals surface area contributed by atoms with E-state index in [0.29, 0.717) is 23.7 Å². The predicted molar refractivity (Wildman–Crippen MR) is 182 cm³/mol. The summed E-state index contributed by atoms with van der Waals surface area (Å²) in [5.41, 5.74) is 7.31. The lowest BCUT2D eigenvalue weighted by molar-refractivity contribution is -0.315. The molecule has 0 amide bonds. The van der Waals surface area contributed by atoms with Crippen LogP contribution in [0.5, 0.6) is 5.75 Å². The molecule has 1 saturated heterocycles. The van der Waals surface area contributed by atoms with Gasteiger partial charge in [0.15, 0.2) is 12.0 Å². The molecule has 0 saturated carbocycles. The first-order valence-electron chi connectivity index (χ1n) is 16.3. The highest BCUT2D eigenvalue weighted by Crippen LogP contribution is 2.47. The lowest BCUT2D eigenvalue weighted by atomic mass is 9.70. The quantitative estimate of drug-likeness (QED) is 0.131. The molecule has 4 aromatic carbocycles. The Kier molecular flexibility index (Phi) is 7.99. The molecule has 7 rings (SSSR count). The van der Waals surface area contributed by atoms with Crippen LogP contribution in [0.4, 0.5) is 22.7 Å². The Balaban J connectivity index is 1.14. The van der Waals surface area contributed by atoms with Gasteiger partial charge < -0.3 is 19.5 Å². The molecule has 2 aliphatic heterocycles. The van der Waals surface area contributed by atoms with Gasteiger partial charge in [-0.2, -0.15) is 4.58 Å². The molecule has 4 aromatic rings. The van der Waals surface area contributed by atoms with Crippen molar-refractivity contribution < 1.29 is 19.4 Å². The van der Waals surface area contributed by atoms with Crippen molar-refractivity contribution in [2.75, 3.05) is 18.1 Å². The summed E-state index contributed by atoms with van der Waals surface area (Å²) in [5.74, 6) is 0.104. The fraction of sp³-hybridized carbons (Fsp3) is 0.300. The summed E-state index contributed by atoms with van der Waals surface area (Å²) in [5, 5.41) is 13.8. The number of anilines is 2. The van der Waals surface area contributed by atoms with Crippen molar-refractivity contribution in [3.8, 4) is 5.75 Å². The molecule has 6 nitrogen and oxygen atoms in total. The molecule has 2 heterocycles. The van der Waals surface area contributed by atoms with Crippen LogP contribution in [0, 0.1) is 18.8 Å². The van der Waals surface area contributed by atoms with Crippen molar-refractivity contribution in [3.05, 3.63) is 120 Å². The van der Waals surface area contributed by atoms with Crippen LogP contribution in [0.15, 0.2) is 103 Å². The summed E-state index contributed by atoms with van der Waals surface area (Å²) in [6.07, 6.45) is 3.26. The van der Waals surface area contributed by atoms with Crippen LogP contribution in [-0.2, 0) is 9.53 Å². The van der Waals surface area contributed by atoms with Crippen LogP contribution < -0.4 is 19.3 Å². The molecule has 0 N–H and O–H groups in total. The third-order valence-corrected chi connectivity index (χ3v) is 9.23. The number of hydrogen-bond acceptors (Lipinski definition) is 5. The number of epoxide rings is 1. The van der Waals surface area contributed by atoms with E-state index in [0.717, 1.165) is 47.1 Å². The van der Waals surface area contributed by atoms with E-state index in [9.17, 15) is 9.90 Å². The third kappa shape index (κ3) is 5.74. The molecule has 0 aromatic heterocycles. The number of allylic oxidation sites excluding steroid dienone is 2. The van der Waals surface area contributed by atoms with E-state index >= 15 is 0 Å². The Morgan fingerprint density at radius 3 is 2.20 bits per heavy atom. The molecule has 6 heteroatoms. The molecular weight excluding hydrogens is 572 g/mol. The van der Waals surface area contributed by atoms with Crippen molar-refractivity contribution in [3.63, 3.8) is 0 Å². The zero-order chi connectivity index (χ0) is 31.9. The second-order valence-corrected chi connectivity index (χ2v) is 13.2. The molecule has 3 aliphatic rings. The van der Waals surface area contributed by atoms with Crippen LogP contribution in [0.2, 0.25) is 0 Å². The van der Waals surface area contributed by atoms with Gasteiger partial charge in [-0.15, -0.1) is 5.76 Å². The summed E-state index contributed by atoms with van der Waals surface area (Å²) in [4.78, 5) is 16.1. The summed E-state index contributed by atoms with van der Waals surface area (Å²) in [6.45, 7) is 10.1. The minimum atomic E-state index is -0.725. The van der Waals surface area contributed by atoms with E-state index in [1.165, 1.54) is 5.56 Å². The summed E-state index contributed by atoms with van der Waals surface area (Å²) in [7, 11) is 0. The number of para-hydroxylation sites is 1. The minimum absolute atomic E-state index is 0.0923. The van der Waals surface area contributed by atoms with Crippen molar-refractivity contribution in [1.29, 1.82) is 0 Å². The topological polar surface area (TPSA) is 68.1 Å². The highest BCUT2D eigenvalue weighted by atomic mass is 16.6. The fourth-order valence-electron chi connectivity index (χ4n) is 6.88. The standard InChI is InChI=1S/C40H40N2O4/c1-25(2)21-27(4)42(30-13-9-26(3)10-14-30)31-15-11-28(12-16-31)37-39(43)38(40(37)44)35-22-41(36-8-6-5-7-34(35)36)29-17-19-32(20-18-29)45-23-33-24-46-33/h5-20,22,25,27,33,35,38H,21,23-24H2,1-4H3. The summed E-state index contributed by atoms with van der Waals surface area (Å²) >= 11 is 0. The van der Waals surface area contributed by atoms with Gasteiger partial charge in [0.05, 0.1) is 18.4 Å². The maximum atomic E-state index is 13.8. The highest BCUT2D eigenvalue weighted by Gasteiger charge is 2.46. The smallest absolute Gasteiger partial charge is 0.214 e. The van der Waals surface area contributed by atoms with E-state index < -0.39 is 5.92 Å². The molecule has 0 spiro atoms. The number of rotatable bonds is 11. The Morgan fingerprint density at radius 2 is 1.57 bits per heavy atom. The molecule has 4 unspecified atom stereocenters. The minimum Gasteiger partial charge on any atom is -0.874 e. The lowest BCUT2D eigenvalue weighted by Gasteiger charge is -2.39. The summed E-state index contributed by atoms with van der Waals surface area (Å²) < 4.78 is 13.1. The summed E-state index contributed by atoms with van der Waals surface area (Å²) in [6, 6.07) is 32.7. The first kappa shape index (κ1) is 30.0. The van der Waals surface area contributed by atoms with Crippen LogP contribution in [0.1, 0.15) is 49.8 Å². The van der Waals surface area contributed by atoms with E-state index in [1.807, 2.05) is 79.0 Å². The van der Waals surface area contributed by atoms with Gasteiger partial charge in [0.2, 0.25) is 11.4 Å².